The third-order valence-electron chi connectivity index (χ3n) is 3.45. The number of hydrogen-bond acceptors (Lipinski definition) is 7. The molecule has 0 amide bonds. The molecule has 140 valence electrons. The van der Waals surface area contributed by atoms with Crippen molar-refractivity contribution in [1.82, 2.24) is 4.98 Å². The number of aromatic nitrogens is 1. The smallest absolute Gasteiger partial charge is 0.311 e. The number of benzene rings is 1. The fourth-order valence-corrected chi connectivity index (χ4v) is 3.73. The van der Waals surface area contributed by atoms with E-state index >= 15 is 0 Å². The van der Waals surface area contributed by atoms with Crippen LogP contribution in [-0.4, -0.2) is 29.5 Å². The topological polar surface area (TPSA) is 63.6 Å². The van der Waals surface area contributed by atoms with Crippen molar-refractivity contribution in [2.75, 3.05) is 17.8 Å². The molecule has 0 bridgehead atoms. The van der Waals surface area contributed by atoms with Crippen LogP contribution in [0.1, 0.15) is 44.4 Å². The van der Waals surface area contributed by atoms with Crippen molar-refractivity contribution in [3.8, 4) is 0 Å². The lowest BCUT2D eigenvalue weighted by Crippen LogP contribution is -2.07. The van der Waals surface area contributed by atoms with Gasteiger partial charge in [-0.3, -0.25) is 10.2 Å². The summed E-state index contributed by atoms with van der Waals surface area (Å²) in [6.07, 6.45) is 5.76. The molecule has 0 saturated carbocycles. The van der Waals surface area contributed by atoms with Crippen LogP contribution in [0.3, 0.4) is 0 Å². The van der Waals surface area contributed by atoms with Gasteiger partial charge < -0.3 is 4.74 Å². The van der Waals surface area contributed by atoms with Crippen molar-refractivity contribution in [1.29, 1.82) is 0 Å². The van der Waals surface area contributed by atoms with E-state index in [0.29, 0.717) is 17.4 Å². The number of unbranched alkanes of at least 4 members (excludes halogenated alkanes) is 2. The number of hydrogen-bond donors (Lipinski definition) is 1. The average molecular weight is 392 g/mol. The zero-order chi connectivity index (χ0) is 18.6. The van der Waals surface area contributed by atoms with Crippen molar-refractivity contribution in [2.24, 2.45) is 5.10 Å². The number of ether oxygens (including phenoxy) is 1. The Hall–Kier alpha value is -1.86. The minimum absolute atomic E-state index is 0.188. The van der Waals surface area contributed by atoms with Gasteiger partial charge in [0.05, 0.1) is 24.9 Å². The lowest BCUT2D eigenvalue weighted by Gasteiger charge is -2.01. The van der Waals surface area contributed by atoms with Gasteiger partial charge in [0.15, 0.2) is 0 Å². The van der Waals surface area contributed by atoms with Gasteiger partial charge in [-0.25, -0.2) is 4.98 Å². The Morgan fingerprint density at radius 1 is 1.31 bits per heavy atom. The van der Waals surface area contributed by atoms with Gasteiger partial charge in [0.2, 0.25) is 5.13 Å². The van der Waals surface area contributed by atoms with E-state index in [1.54, 1.807) is 13.1 Å². The Bertz CT molecular complexity index is 699. The van der Waals surface area contributed by atoms with E-state index in [1.165, 1.54) is 41.2 Å². The van der Waals surface area contributed by atoms with Crippen LogP contribution in [0.5, 0.6) is 0 Å². The molecular formula is C19H25N3O2S2. The lowest BCUT2D eigenvalue weighted by molar-refractivity contribution is -0.142. The van der Waals surface area contributed by atoms with Gasteiger partial charge in [-0.05, 0) is 36.8 Å². The van der Waals surface area contributed by atoms with Crippen LogP contribution < -0.4 is 5.43 Å². The van der Waals surface area contributed by atoms with Crippen molar-refractivity contribution < 1.29 is 9.53 Å². The van der Waals surface area contributed by atoms with Crippen LogP contribution in [0, 0.1) is 0 Å². The molecule has 0 unspecified atom stereocenters. The van der Waals surface area contributed by atoms with Crippen LogP contribution in [0.15, 0.2) is 39.6 Å². The van der Waals surface area contributed by atoms with Crippen LogP contribution in [0.4, 0.5) is 5.13 Å². The fourth-order valence-electron chi connectivity index (χ4n) is 2.15. The summed E-state index contributed by atoms with van der Waals surface area (Å²) in [6, 6.07) is 8.36. The molecule has 2 rings (SSSR count). The molecule has 2 aromatic rings. The van der Waals surface area contributed by atoms with Crippen LogP contribution in [0.2, 0.25) is 0 Å². The molecule has 0 aliphatic rings. The van der Waals surface area contributed by atoms with Crippen LogP contribution in [-0.2, 0) is 16.0 Å². The van der Waals surface area contributed by atoms with Gasteiger partial charge in [-0.2, -0.15) is 5.10 Å². The zero-order valence-electron chi connectivity index (χ0n) is 15.2. The monoisotopic (exact) mass is 391 g/mol. The Kier molecular flexibility index (Phi) is 9.20. The standard InChI is InChI=1S/C19H25N3O2S2/c1-3-5-6-11-25-17-9-7-15(8-10-17)13-20-22-19-21-16(14-26-19)12-18(23)24-4-2/h7-10,13-14H,3-6,11-12H2,1-2H3,(H,21,22). The van der Waals surface area contributed by atoms with Crippen molar-refractivity contribution in [3.63, 3.8) is 0 Å². The largest absolute Gasteiger partial charge is 0.466 e. The third kappa shape index (κ3) is 7.58. The third-order valence-corrected chi connectivity index (χ3v) is 5.35. The highest BCUT2D eigenvalue weighted by Crippen LogP contribution is 2.20. The second kappa shape index (κ2) is 11.7. The summed E-state index contributed by atoms with van der Waals surface area (Å²) in [5.74, 6) is 0.904. The Balaban J connectivity index is 1.77. The van der Waals surface area contributed by atoms with Crippen molar-refractivity contribution in [2.45, 2.75) is 44.4 Å². The maximum absolute atomic E-state index is 11.4. The summed E-state index contributed by atoms with van der Waals surface area (Å²) in [6.45, 7) is 4.40. The number of nitrogens with zero attached hydrogens (tertiary/aromatic N) is 2. The van der Waals surface area contributed by atoms with E-state index in [0.717, 1.165) is 5.56 Å². The fraction of sp³-hybridized carbons (Fsp3) is 0.421. The molecule has 1 aromatic carbocycles. The highest BCUT2D eigenvalue weighted by Gasteiger charge is 2.07. The maximum atomic E-state index is 11.4. The van der Waals surface area contributed by atoms with Crippen LogP contribution >= 0.6 is 23.1 Å². The Morgan fingerprint density at radius 3 is 2.85 bits per heavy atom. The molecule has 0 radical (unpaired) electrons. The SMILES string of the molecule is CCCCCSc1ccc(C=NNc2nc(CC(=O)OCC)cs2)cc1. The van der Waals surface area contributed by atoms with Crippen molar-refractivity contribution in [3.05, 3.63) is 40.9 Å². The van der Waals surface area contributed by atoms with Crippen LogP contribution in [0.25, 0.3) is 0 Å². The van der Waals surface area contributed by atoms with Crippen molar-refractivity contribution >= 4 is 40.4 Å². The van der Waals surface area contributed by atoms with Gasteiger partial charge in [-0.15, -0.1) is 23.1 Å². The first kappa shape index (κ1) is 20.5. The second-order valence-corrected chi connectivity index (χ2v) is 7.65. The number of carbonyl (C=O) groups is 1. The molecule has 0 spiro atoms. The Labute approximate surface area is 163 Å². The number of thiazole rings is 1. The molecule has 26 heavy (non-hydrogen) atoms. The molecule has 5 nitrogen and oxygen atoms in total. The van der Waals surface area contributed by atoms with E-state index in [2.05, 4.69) is 46.7 Å². The normalized spacial score (nSPS) is 11.0. The summed E-state index contributed by atoms with van der Waals surface area (Å²) < 4.78 is 4.91. The molecule has 7 heteroatoms. The van der Waals surface area contributed by atoms with E-state index in [-0.39, 0.29) is 12.4 Å². The number of anilines is 1. The molecule has 1 heterocycles. The molecule has 1 aromatic heterocycles. The first-order valence-electron chi connectivity index (χ1n) is 8.83. The van der Waals surface area contributed by atoms with Gasteiger partial charge in [0.25, 0.3) is 0 Å². The first-order chi connectivity index (χ1) is 12.7. The highest BCUT2D eigenvalue weighted by atomic mass is 32.2. The lowest BCUT2D eigenvalue weighted by atomic mass is 10.2. The molecule has 0 fully saturated rings. The summed E-state index contributed by atoms with van der Waals surface area (Å²) in [5.41, 5.74) is 4.62. The zero-order valence-corrected chi connectivity index (χ0v) is 16.9. The van der Waals surface area contributed by atoms with E-state index in [1.807, 2.05) is 17.1 Å². The number of nitrogens with one attached hydrogen (secondary N) is 1. The predicted octanol–water partition coefficient (Wildman–Crippen LogP) is 4.98. The Morgan fingerprint density at radius 2 is 2.12 bits per heavy atom. The van der Waals surface area contributed by atoms with E-state index in [9.17, 15) is 4.79 Å². The number of carbonyl (C=O) groups excluding carboxylic acids is 1. The molecule has 0 atom stereocenters. The summed E-state index contributed by atoms with van der Waals surface area (Å²) >= 11 is 3.31. The minimum atomic E-state index is -0.263. The van der Waals surface area contributed by atoms with E-state index < -0.39 is 0 Å². The van der Waals surface area contributed by atoms with Gasteiger partial charge in [0.1, 0.15) is 0 Å². The molecule has 0 aliphatic carbocycles. The number of esters is 1. The first-order valence-corrected chi connectivity index (χ1v) is 10.7. The number of hydrazone groups is 1. The quantitative estimate of drug-likeness (QED) is 0.192. The molecule has 0 saturated heterocycles. The summed E-state index contributed by atoms with van der Waals surface area (Å²) in [5, 5.41) is 6.70. The average Bonchev–Trinajstić information content (AvgIpc) is 3.07. The number of thioether (sulfide) groups is 1. The molecule has 1 N–H and O–H groups in total. The molecule has 0 aliphatic heterocycles. The van der Waals surface area contributed by atoms with Gasteiger partial charge in [-0.1, -0.05) is 31.9 Å². The van der Waals surface area contributed by atoms with Gasteiger partial charge >= 0.3 is 5.97 Å². The van der Waals surface area contributed by atoms with E-state index in [4.69, 9.17) is 4.74 Å². The predicted molar refractivity (Wildman–Crippen MR) is 110 cm³/mol. The van der Waals surface area contributed by atoms with Gasteiger partial charge in [0, 0.05) is 10.3 Å². The maximum Gasteiger partial charge on any atom is 0.311 e. The summed E-state index contributed by atoms with van der Waals surface area (Å²) in [7, 11) is 0. The highest BCUT2D eigenvalue weighted by molar-refractivity contribution is 7.99. The minimum Gasteiger partial charge on any atom is -0.466 e. The molecular weight excluding hydrogens is 366 g/mol. The number of rotatable bonds is 11. The summed E-state index contributed by atoms with van der Waals surface area (Å²) in [4.78, 5) is 17.0. The second-order valence-electron chi connectivity index (χ2n) is 5.62.